The number of rotatable bonds is 5. The summed E-state index contributed by atoms with van der Waals surface area (Å²) in [7, 11) is 0. The maximum absolute atomic E-state index is 13.6. The van der Waals surface area contributed by atoms with Gasteiger partial charge in [-0.05, 0) is 48.8 Å². The molecule has 11 heteroatoms. The molecule has 1 aromatic rings. The molecule has 0 spiro atoms. The van der Waals surface area contributed by atoms with Gasteiger partial charge in [0.2, 0.25) is 11.8 Å². The molecule has 0 N–H and O–H groups in total. The van der Waals surface area contributed by atoms with Gasteiger partial charge in [0.05, 0.1) is 19.6 Å². The van der Waals surface area contributed by atoms with Crippen molar-refractivity contribution in [3.8, 4) is 5.88 Å². The summed E-state index contributed by atoms with van der Waals surface area (Å²) in [6, 6.07) is 3.09. The summed E-state index contributed by atoms with van der Waals surface area (Å²) in [6.45, 7) is 5.19. The largest absolute Gasteiger partial charge is 0.477 e. The molecular formula is C29H35N5O6. The first-order valence-electron chi connectivity index (χ1n) is 14.5. The van der Waals surface area contributed by atoms with Gasteiger partial charge in [0.1, 0.15) is 6.04 Å². The van der Waals surface area contributed by atoms with E-state index in [1.54, 1.807) is 20.8 Å². The van der Waals surface area contributed by atoms with E-state index in [0.29, 0.717) is 69.2 Å². The monoisotopic (exact) mass is 549 g/mol. The van der Waals surface area contributed by atoms with E-state index in [4.69, 9.17) is 14.5 Å². The first kappa shape index (κ1) is 25.5. The molecule has 4 amide bonds. The molecule has 1 atom stereocenters. The molecule has 0 radical (unpaired) electrons. The fourth-order valence-electron chi connectivity index (χ4n) is 6.57. The van der Waals surface area contributed by atoms with E-state index in [-0.39, 0.29) is 36.6 Å². The summed E-state index contributed by atoms with van der Waals surface area (Å²) >= 11 is 0. The Labute approximate surface area is 233 Å². The molecule has 5 aliphatic heterocycles. The Kier molecular flexibility index (Phi) is 6.48. The van der Waals surface area contributed by atoms with Crippen molar-refractivity contribution < 1.29 is 28.7 Å². The van der Waals surface area contributed by atoms with Crippen LogP contribution in [0.1, 0.15) is 54.1 Å². The summed E-state index contributed by atoms with van der Waals surface area (Å²) in [5.41, 5.74) is 3.77. The quantitative estimate of drug-likeness (QED) is 0.404. The van der Waals surface area contributed by atoms with Crippen molar-refractivity contribution in [2.75, 3.05) is 65.6 Å². The van der Waals surface area contributed by atoms with E-state index in [9.17, 15) is 19.2 Å². The predicted octanol–water partition coefficient (Wildman–Crippen LogP) is 1.44. The topological polar surface area (TPSA) is 113 Å². The molecule has 6 heterocycles. The van der Waals surface area contributed by atoms with E-state index >= 15 is 0 Å². The zero-order chi connectivity index (χ0) is 27.4. The molecule has 0 bridgehead atoms. The average molecular weight is 550 g/mol. The number of pyridine rings is 1. The summed E-state index contributed by atoms with van der Waals surface area (Å²) in [5.74, 6) is 1.10. The Morgan fingerprint density at radius 2 is 1.65 bits per heavy atom. The van der Waals surface area contributed by atoms with Gasteiger partial charge >= 0.3 is 6.03 Å². The molecule has 1 aliphatic carbocycles. The van der Waals surface area contributed by atoms with Crippen LogP contribution in [-0.2, 0) is 14.3 Å². The number of ketones is 1. The van der Waals surface area contributed by atoms with Crippen molar-refractivity contribution in [1.29, 1.82) is 0 Å². The summed E-state index contributed by atoms with van der Waals surface area (Å²) in [5, 5.41) is 0. The minimum absolute atomic E-state index is 0.0342. The van der Waals surface area contributed by atoms with Crippen LogP contribution in [0.4, 0.5) is 4.79 Å². The number of amides is 4. The number of aromatic nitrogens is 1. The Morgan fingerprint density at radius 3 is 2.38 bits per heavy atom. The van der Waals surface area contributed by atoms with Crippen LogP contribution in [-0.4, -0.2) is 120 Å². The molecule has 6 aliphatic rings. The highest BCUT2D eigenvalue weighted by atomic mass is 16.5. The van der Waals surface area contributed by atoms with E-state index in [1.165, 1.54) is 0 Å². The molecule has 212 valence electrons. The third-order valence-electron chi connectivity index (χ3n) is 9.12. The SMILES string of the molecule is O=C1CC(=O)N2CCN(C(=O)N3CC4=C(CN(C(=O)c5cc(OCC6CCOCC6)nc(C6CC6)c5)C4)C3)CC12. The van der Waals surface area contributed by atoms with Crippen molar-refractivity contribution in [2.45, 2.75) is 44.1 Å². The minimum Gasteiger partial charge on any atom is -0.477 e. The maximum atomic E-state index is 13.6. The number of Topliss-reactive ketones (excluding diaryl/α,β-unsaturated/α-hetero) is 1. The second-order valence-corrected chi connectivity index (χ2v) is 12.0. The first-order chi connectivity index (χ1) is 19.4. The number of piperazine rings is 1. The van der Waals surface area contributed by atoms with Crippen LogP contribution < -0.4 is 4.74 Å². The normalized spacial score (nSPS) is 25.1. The lowest BCUT2D eigenvalue weighted by molar-refractivity contribution is -0.130. The van der Waals surface area contributed by atoms with Gasteiger partial charge in [-0.2, -0.15) is 0 Å². The summed E-state index contributed by atoms with van der Waals surface area (Å²) in [4.78, 5) is 62.7. The molecule has 1 saturated carbocycles. The fraction of sp³-hybridized carbons (Fsp3) is 0.621. The Morgan fingerprint density at radius 1 is 0.925 bits per heavy atom. The number of fused-ring (bicyclic) bond motifs is 1. The van der Waals surface area contributed by atoms with Crippen molar-refractivity contribution in [1.82, 2.24) is 24.6 Å². The third kappa shape index (κ3) is 4.84. The van der Waals surface area contributed by atoms with Crippen LogP contribution in [0, 0.1) is 5.92 Å². The molecule has 7 rings (SSSR count). The lowest BCUT2D eigenvalue weighted by Crippen LogP contribution is -2.57. The van der Waals surface area contributed by atoms with E-state index in [0.717, 1.165) is 55.7 Å². The van der Waals surface area contributed by atoms with Crippen molar-refractivity contribution in [2.24, 2.45) is 5.92 Å². The molecule has 40 heavy (non-hydrogen) atoms. The van der Waals surface area contributed by atoms with Crippen LogP contribution in [0.5, 0.6) is 5.88 Å². The minimum atomic E-state index is -0.507. The zero-order valence-corrected chi connectivity index (χ0v) is 22.7. The van der Waals surface area contributed by atoms with Crippen LogP contribution in [0.25, 0.3) is 0 Å². The Bertz CT molecular complexity index is 1270. The molecule has 3 saturated heterocycles. The van der Waals surface area contributed by atoms with Gasteiger partial charge in [0.25, 0.3) is 5.91 Å². The van der Waals surface area contributed by atoms with Crippen molar-refractivity contribution in [3.05, 3.63) is 34.5 Å². The maximum Gasteiger partial charge on any atom is 0.320 e. The lowest BCUT2D eigenvalue weighted by Gasteiger charge is -2.38. The van der Waals surface area contributed by atoms with E-state index in [2.05, 4.69) is 0 Å². The van der Waals surface area contributed by atoms with Gasteiger partial charge in [0, 0.05) is 75.7 Å². The van der Waals surface area contributed by atoms with Crippen LogP contribution in [0.3, 0.4) is 0 Å². The lowest BCUT2D eigenvalue weighted by atomic mass is 10.0. The van der Waals surface area contributed by atoms with Gasteiger partial charge in [-0.1, -0.05) is 0 Å². The highest BCUT2D eigenvalue weighted by Gasteiger charge is 2.44. The summed E-state index contributed by atoms with van der Waals surface area (Å²) in [6.07, 6.45) is 4.08. The number of carbonyl (C=O) groups is 4. The van der Waals surface area contributed by atoms with E-state index < -0.39 is 6.04 Å². The summed E-state index contributed by atoms with van der Waals surface area (Å²) < 4.78 is 11.5. The fourth-order valence-corrected chi connectivity index (χ4v) is 6.57. The molecule has 0 aromatic carbocycles. The van der Waals surface area contributed by atoms with Crippen LogP contribution >= 0.6 is 0 Å². The second kappa shape index (κ2) is 10.2. The number of carbonyl (C=O) groups excluding carboxylic acids is 4. The number of hydrogen-bond acceptors (Lipinski definition) is 7. The molecule has 1 unspecified atom stereocenters. The van der Waals surface area contributed by atoms with E-state index in [1.807, 2.05) is 11.0 Å². The van der Waals surface area contributed by atoms with Gasteiger partial charge in [-0.3, -0.25) is 14.4 Å². The first-order valence-corrected chi connectivity index (χ1v) is 14.5. The standard InChI is InChI=1S/C29H35N5O6/c35-25-11-27(36)34-6-5-31(16-24(25)34)29(38)33-14-21-12-32(13-22(21)15-33)28(37)20-9-23(19-1-2-19)30-26(10-20)40-17-18-3-7-39-8-4-18/h9-10,18-19,24H,1-8,11-17H2. The number of hydrogen-bond donors (Lipinski definition) is 0. The second-order valence-electron chi connectivity index (χ2n) is 12.0. The van der Waals surface area contributed by atoms with Crippen molar-refractivity contribution >= 4 is 23.6 Å². The highest BCUT2D eigenvalue weighted by molar-refractivity contribution is 6.08. The van der Waals surface area contributed by atoms with Gasteiger partial charge in [-0.25, -0.2) is 9.78 Å². The Balaban J connectivity index is 0.968. The van der Waals surface area contributed by atoms with Gasteiger partial charge < -0.3 is 29.1 Å². The van der Waals surface area contributed by atoms with Gasteiger partial charge in [-0.15, -0.1) is 0 Å². The number of nitrogens with zero attached hydrogens (tertiary/aromatic N) is 5. The predicted molar refractivity (Wildman–Crippen MR) is 142 cm³/mol. The molecule has 4 fully saturated rings. The zero-order valence-electron chi connectivity index (χ0n) is 22.7. The third-order valence-corrected chi connectivity index (χ3v) is 9.12. The highest BCUT2D eigenvalue weighted by Crippen LogP contribution is 2.40. The average Bonchev–Trinajstić information content (AvgIpc) is 3.55. The Hall–Kier alpha value is -3.47. The molecular weight excluding hydrogens is 514 g/mol. The van der Waals surface area contributed by atoms with Gasteiger partial charge in [0.15, 0.2) is 5.78 Å². The molecule has 11 nitrogen and oxygen atoms in total. The van der Waals surface area contributed by atoms with Crippen molar-refractivity contribution in [3.63, 3.8) is 0 Å². The van der Waals surface area contributed by atoms with Crippen LogP contribution in [0.15, 0.2) is 23.3 Å². The number of ether oxygens (including phenoxy) is 2. The smallest absolute Gasteiger partial charge is 0.320 e. The molecule has 1 aromatic heterocycles. The number of urea groups is 1. The van der Waals surface area contributed by atoms with Crippen LogP contribution in [0.2, 0.25) is 0 Å².